The number of hydrazone groups is 1. The summed E-state index contributed by atoms with van der Waals surface area (Å²) < 4.78 is 0. The molecule has 0 aliphatic carbocycles. The van der Waals surface area contributed by atoms with Crippen molar-refractivity contribution in [1.29, 1.82) is 0 Å². The van der Waals surface area contributed by atoms with Gasteiger partial charge in [0.2, 0.25) is 5.91 Å². The second-order valence-electron chi connectivity index (χ2n) is 5.35. The standard InChI is InChI=1S/C19H17N3O2/c23-17-10-9-15(16-7-4-12-20-19(16)17)13-21-22-18(24)11-8-14-5-2-1-3-6-14/h1-7,9-10,12-13,23H,8,11H2,(H,22,24)/b21-13+. The van der Waals surface area contributed by atoms with E-state index in [1.54, 1.807) is 30.6 Å². The average molecular weight is 319 g/mol. The number of phenolic OH excluding ortho intramolecular Hbond substituents is 1. The Labute approximate surface area is 139 Å². The van der Waals surface area contributed by atoms with Gasteiger partial charge in [-0.25, -0.2) is 5.43 Å². The predicted molar refractivity (Wildman–Crippen MR) is 93.9 cm³/mol. The third-order valence-electron chi connectivity index (χ3n) is 3.66. The molecule has 0 bridgehead atoms. The third kappa shape index (κ3) is 3.76. The molecule has 0 atom stereocenters. The van der Waals surface area contributed by atoms with Crippen LogP contribution in [0.2, 0.25) is 0 Å². The minimum atomic E-state index is -0.142. The van der Waals surface area contributed by atoms with E-state index in [0.717, 1.165) is 16.5 Å². The Morgan fingerprint density at radius 3 is 2.79 bits per heavy atom. The molecule has 0 radical (unpaired) electrons. The smallest absolute Gasteiger partial charge is 0.240 e. The van der Waals surface area contributed by atoms with Crippen molar-refractivity contribution in [3.8, 4) is 5.75 Å². The van der Waals surface area contributed by atoms with Gasteiger partial charge in [-0.2, -0.15) is 5.10 Å². The third-order valence-corrected chi connectivity index (χ3v) is 3.66. The number of phenols is 1. The molecule has 1 aromatic heterocycles. The molecule has 0 saturated carbocycles. The van der Waals surface area contributed by atoms with E-state index in [4.69, 9.17) is 0 Å². The molecule has 24 heavy (non-hydrogen) atoms. The number of hydrogen-bond donors (Lipinski definition) is 2. The van der Waals surface area contributed by atoms with Crippen LogP contribution in [0.15, 0.2) is 65.9 Å². The van der Waals surface area contributed by atoms with E-state index in [9.17, 15) is 9.90 Å². The zero-order valence-corrected chi connectivity index (χ0v) is 13.0. The van der Waals surface area contributed by atoms with E-state index in [-0.39, 0.29) is 11.7 Å². The van der Waals surface area contributed by atoms with E-state index >= 15 is 0 Å². The Hall–Kier alpha value is -3.21. The SMILES string of the molecule is O=C(CCc1ccccc1)N/N=C/c1ccc(O)c2ncccc12. The Bertz CT molecular complexity index is 876. The average Bonchev–Trinajstić information content (AvgIpc) is 2.63. The van der Waals surface area contributed by atoms with Gasteiger partial charge in [-0.3, -0.25) is 9.78 Å². The van der Waals surface area contributed by atoms with Gasteiger partial charge in [-0.1, -0.05) is 36.4 Å². The molecule has 0 unspecified atom stereocenters. The highest BCUT2D eigenvalue weighted by Crippen LogP contribution is 2.24. The summed E-state index contributed by atoms with van der Waals surface area (Å²) in [6.07, 6.45) is 4.23. The number of fused-ring (bicyclic) bond motifs is 1. The summed E-state index contributed by atoms with van der Waals surface area (Å²) in [4.78, 5) is 16.0. The van der Waals surface area contributed by atoms with Crippen LogP contribution < -0.4 is 5.43 Å². The van der Waals surface area contributed by atoms with E-state index < -0.39 is 0 Å². The number of carbonyl (C=O) groups is 1. The topological polar surface area (TPSA) is 74.6 Å². The first-order valence-electron chi connectivity index (χ1n) is 7.66. The quantitative estimate of drug-likeness (QED) is 0.561. The fourth-order valence-corrected chi connectivity index (χ4v) is 2.42. The lowest BCUT2D eigenvalue weighted by atomic mass is 10.1. The van der Waals surface area contributed by atoms with Gasteiger partial charge in [-0.05, 0) is 30.2 Å². The number of hydrogen-bond acceptors (Lipinski definition) is 4. The summed E-state index contributed by atoms with van der Waals surface area (Å²) in [7, 11) is 0. The largest absolute Gasteiger partial charge is 0.506 e. The summed E-state index contributed by atoms with van der Waals surface area (Å²) in [6.45, 7) is 0. The number of aromatic hydroxyl groups is 1. The van der Waals surface area contributed by atoms with Crippen LogP contribution in [0.25, 0.3) is 10.9 Å². The highest BCUT2D eigenvalue weighted by Gasteiger charge is 2.05. The molecule has 2 aromatic carbocycles. The first-order chi connectivity index (χ1) is 11.7. The van der Waals surface area contributed by atoms with Crippen LogP contribution in [0.3, 0.4) is 0 Å². The molecule has 1 heterocycles. The highest BCUT2D eigenvalue weighted by molar-refractivity contribution is 6.00. The number of amides is 1. The maximum Gasteiger partial charge on any atom is 0.240 e. The Kier molecular flexibility index (Phi) is 4.81. The van der Waals surface area contributed by atoms with Crippen molar-refractivity contribution in [2.75, 3.05) is 0 Å². The van der Waals surface area contributed by atoms with Crippen LogP contribution in [-0.2, 0) is 11.2 Å². The van der Waals surface area contributed by atoms with E-state index in [1.807, 2.05) is 36.4 Å². The van der Waals surface area contributed by atoms with Crippen molar-refractivity contribution >= 4 is 23.0 Å². The summed E-state index contributed by atoms with van der Waals surface area (Å²) in [6, 6.07) is 16.8. The summed E-state index contributed by atoms with van der Waals surface area (Å²) in [5.41, 5.74) is 4.93. The lowest BCUT2D eigenvalue weighted by Gasteiger charge is -2.03. The first kappa shape index (κ1) is 15.7. The van der Waals surface area contributed by atoms with Gasteiger partial charge >= 0.3 is 0 Å². The Morgan fingerprint density at radius 2 is 1.96 bits per heavy atom. The van der Waals surface area contributed by atoms with Crippen molar-refractivity contribution in [2.24, 2.45) is 5.10 Å². The van der Waals surface area contributed by atoms with Crippen molar-refractivity contribution in [3.05, 3.63) is 71.9 Å². The number of benzene rings is 2. The van der Waals surface area contributed by atoms with Gasteiger partial charge in [0.1, 0.15) is 11.3 Å². The molecule has 0 aliphatic heterocycles. The lowest BCUT2D eigenvalue weighted by Crippen LogP contribution is -2.17. The fourth-order valence-electron chi connectivity index (χ4n) is 2.42. The minimum Gasteiger partial charge on any atom is -0.506 e. The van der Waals surface area contributed by atoms with Gasteiger partial charge in [0.15, 0.2) is 0 Å². The maximum atomic E-state index is 11.8. The van der Waals surface area contributed by atoms with Crippen molar-refractivity contribution < 1.29 is 9.90 Å². The number of pyridine rings is 1. The molecular formula is C19H17N3O2. The van der Waals surface area contributed by atoms with Crippen molar-refractivity contribution in [2.45, 2.75) is 12.8 Å². The molecule has 2 N–H and O–H groups in total. The van der Waals surface area contributed by atoms with Crippen LogP contribution >= 0.6 is 0 Å². The molecule has 0 aliphatic rings. The maximum absolute atomic E-state index is 11.8. The zero-order chi connectivity index (χ0) is 16.8. The lowest BCUT2D eigenvalue weighted by molar-refractivity contribution is -0.121. The number of nitrogens with zero attached hydrogens (tertiary/aromatic N) is 2. The highest BCUT2D eigenvalue weighted by atomic mass is 16.3. The van der Waals surface area contributed by atoms with Crippen LogP contribution in [0.1, 0.15) is 17.5 Å². The summed E-state index contributed by atoms with van der Waals surface area (Å²) in [5.74, 6) is -0.0223. The van der Waals surface area contributed by atoms with Gasteiger partial charge < -0.3 is 5.11 Å². The van der Waals surface area contributed by atoms with Crippen molar-refractivity contribution in [3.63, 3.8) is 0 Å². The minimum absolute atomic E-state index is 0.120. The van der Waals surface area contributed by atoms with Crippen LogP contribution in [0, 0.1) is 0 Å². The predicted octanol–water partition coefficient (Wildman–Crippen LogP) is 3.02. The molecule has 0 saturated heterocycles. The monoisotopic (exact) mass is 319 g/mol. The number of aromatic nitrogens is 1. The molecule has 0 fully saturated rings. The Morgan fingerprint density at radius 1 is 1.12 bits per heavy atom. The number of rotatable bonds is 5. The second kappa shape index (κ2) is 7.37. The summed E-state index contributed by atoms with van der Waals surface area (Å²) >= 11 is 0. The molecule has 5 heteroatoms. The number of nitrogens with one attached hydrogen (secondary N) is 1. The van der Waals surface area contributed by atoms with Gasteiger partial charge in [0.25, 0.3) is 0 Å². The second-order valence-corrected chi connectivity index (χ2v) is 5.35. The summed E-state index contributed by atoms with van der Waals surface area (Å²) in [5, 5.41) is 14.6. The van der Waals surface area contributed by atoms with Crippen molar-refractivity contribution in [1.82, 2.24) is 10.4 Å². The van der Waals surface area contributed by atoms with Gasteiger partial charge in [0, 0.05) is 23.6 Å². The van der Waals surface area contributed by atoms with Gasteiger partial charge in [-0.15, -0.1) is 0 Å². The van der Waals surface area contributed by atoms with Gasteiger partial charge in [0.05, 0.1) is 6.21 Å². The van der Waals surface area contributed by atoms with E-state index in [2.05, 4.69) is 15.5 Å². The molecule has 3 aromatic rings. The Balaban J connectivity index is 1.62. The number of carbonyl (C=O) groups excluding carboxylic acids is 1. The molecule has 5 nitrogen and oxygen atoms in total. The normalized spacial score (nSPS) is 11.0. The molecule has 0 spiro atoms. The molecule has 3 rings (SSSR count). The first-order valence-corrected chi connectivity index (χ1v) is 7.66. The van der Waals surface area contributed by atoms with Crippen LogP contribution in [-0.4, -0.2) is 22.2 Å². The zero-order valence-electron chi connectivity index (χ0n) is 13.0. The molecule has 120 valence electrons. The van der Waals surface area contributed by atoms with Crippen LogP contribution in [0.4, 0.5) is 0 Å². The van der Waals surface area contributed by atoms with Crippen LogP contribution in [0.5, 0.6) is 5.75 Å². The van der Waals surface area contributed by atoms with E-state index in [0.29, 0.717) is 18.4 Å². The molecule has 1 amide bonds. The van der Waals surface area contributed by atoms with E-state index in [1.165, 1.54) is 0 Å². The molecular weight excluding hydrogens is 302 g/mol. The fraction of sp³-hybridized carbons (Fsp3) is 0.105. The number of aryl methyl sites for hydroxylation is 1.